The number of ether oxygens (including phenoxy) is 1. The highest BCUT2D eigenvalue weighted by atomic mass is 19.2. The van der Waals surface area contributed by atoms with Crippen molar-refractivity contribution in [1.82, 2.24) is 0 Å². The van der Waals surface area contributed by atoms with Crippen molar-refractivity contribution >= 4 is 0 Å². The van der Waals surface area contributed by atoms with Gasteiger partial charge in [0.2, 0.25) is 0 Å². The third kappa shape index (κ3) is 4.04. The van der Waals surface area contributed by atoms with Gasteiger partial charge in [0.05, 0.1) is 12.1 Å². The van der Waals surface area contributed by atoms with E-state index >= 15 is 0 Å². The molecule has 2 aromatic carbocycles. The van der Waals surface area contributed by atoms with Gasteiger partial charge >= 0.3 is 0 Å². The van der Waals surface area contributed by atoms with Crippen molar-refractivity contribution in [3.05, 3.63) is 64.7 Å². The first-order valence-corrected chi connectivity index (χ1v) is 6.46. The monoisotopic (exact) mass is 287 g/mol. The van der Waals surface area contributed by atoms with Crippen LogP contribution >= 0.6 is 0 Å². The second-order valence-corrected chi connectivity index (χ2v) is 4.54. The molecule has 0 aliphatic rings. The third-order valence-corrected chi connectivity index (χ3v) is 2.84. The highest BCUT2D eigenvalue weighted by Gasteiger charge is 2.05. The predicted molar refractivity (Wildman–Crippen MR) is 77.8 cm³/mol. The number of aryl methyl sites for hydroxylation is 1. The summed E-state index contributed by atoms with van der Waals surface area (Å²) in [7, 11) is 0. The van der Waals surface area contributed by atoms with E-state index in [-0.39, 0.29) is 13.2 Å². The van der Waals surface area contributed by atoms with Crippen molar-refractivity contribution in [3.8, 4) is 17.6 Å². The minimum Gasteiger partial charge on any atom is -0.488 e. The molecule has 0 fully saturated rings. The van der Waals surface area contributed by atoms with Crippen LogP contribution in [0.5, 0.6) is 5.75 Å². The van der Waals surface area contributed by atoms with Gasteiger partial charge in [-0.25, -0.2) is 8.78 Å². The minimum absolute atomic E-state index is 0.136. The number of nitrogens with two attached hydrogens (primary N) is 1. The Morgan fingerprint density at radius 2 is 1.90 bits per heavy atom. The topological polar surface area (TPSA) is 35.2 Å². The summed E-state index contributed by atoms with van der Waals surface area (Å²) >= 11 is 0. The van der Waals surface area contributed by atoms with Gasteiger partial charge in [0.15, 0.2) is 11.6 Å². The van der Waals surface area contributed by atoms with Gasteiger partial charge in [0.25, 0.3) is 0 Å². The van der Waals surface area contributed by atoms with Crippen LogP contribution in [0.15, 0.2) is 36.4 Å². The Hall–Kier alpha value is -2.38. The summed E-state index contributed by atoms with van der Waals surface area (Å²) in [6.07, 6.45) is 0. The number of halogens is 2. The van der Waals surface area contributed by atoms with Gasteiger partial charge < -0.3 is 10.5 Å². The van der Waals surface area contributed by atoms with Gasteiger partial charge in [-0.1, -0.05) is 24.0 Å². The maximum atomic E-state index is 13.1. The molecule has 2 nitrogen and oxygen atoms in total. The van der Waals surface area contributed by atoms with Crippen LogP contribution in [0.25, 0.3) is 0 Å². The number of benzene rings is 2. The van der Waals surface area contributed by atoms with E-state index in [1.165, 1.54) is 6.07 Å². The zero-order valence-corrected chi connectivity index (χ0v) is 11.6. The van der Waals surface area contributed by atoms with Gasteiger partial charge in [-0.05, 0) is 42.3 Å². The van der Waals surface area contributed by atoms with Crippen molar-refractivity contribution < 1.29 is 13.5 Å². The molecular weight excluding hydrogens is 272 g/mol. The van der Waals surface area contributed by atoms with Gasteiger partial charge in [0.1, 0.15) is 12.4 Å². The lowest BCUT2D eigenvalue weighted by Gasteiger charge is -2.09. The van der Waals surface area contributed by atoms with E-state index in [2.05, 4.69) is 11.8 Å². The fourth-order valence-electron chi connectivity index (χ4n) is 1.80. The predicted octanol–water partition coefficient (Wildman–Crippen LogP) is 3.16. The first kappa shape index (κ1) is 15.0. The van der Waals surface area contributed by atoms with Gasteiger partial charge in [0, 0.05) is 0 Å². The Labute approximate surface area is 122 Å². The van der Waals surface area contributed by atoms with Crippen LogP contribution in [0.3, 0.4) is 0 Å². The molecule has 0 atom stereocenters. The van der Waals surface area contributed by atoms with Crippen molar-refractivity contribution in [2.24, 2.45) is 5.73 Å². The van der Waals surface area contributed by atoms with Crippen LogP contribution in [0.4, 0.5) is 8.78 Å². The molecule has 0 heterocycles. The SMILES string of the molecule is Cc1ccc(OCc2ccc(F)c(F)c2)c(C#CCN)c1. The van der Waals surface area contributed by atoms with Crippen molar-refractivity contribution in [3.63, 3.8) is 0 Å². The fraction of sp³-hybridized carbons (Fsp3) is 0.176. The molecule has 21 heavy (non-hydrogen) atoms. The molecule has 2 N–H and O–H groups in total. The summed E-state index contributed by atoms with van der Waals surface area (Å²) in [4.78, 5) is 0. The van der Waals surface area contributed by atoms with Crippen LogP contribution in [-0.4, -0.2) is 6.54 Å². The molecule has 2 aromatic rings. The standard InChI is InChI=1S/C17H15F2NO/c1-12-4-7-17(14(9-12)3-2-8-20)21-11-13-5-6-15(18)16(19)10-13/h4-7,9-10H,8,11,20H2,1H3. The fourth-order valence-corrected chi connectivity index (χ4v) is 1.80. The molecular formula is C17H15F2NO. The molecule has 0 unspecified atom stereocenters. The number of hydrogen-bond acceptors (Lipinski definition) is 2. The molecule has 0 saturated heterocycles. The average molecular weight is 287 g/mol. The van der Waals surface area contributed by atoms with E-state index in [1.807, 2.05) is 19.1 Å². The Bertz CT molecular complexity index is 702. The number of hydrogen-bond donors (Lipinski definition) is 1. The minimum atomic E-state index is -0.886. The molecule has 0 saturated carbocycles. The van der Waals surface area contributed by atoms with Gasteiger partial charge in [-0.2, -0.15) is 0 Å². The first-order chi connectivity index (χ1) is 10.1. The normalized spacial score (nSPS) is 9.90. The van der Waals surface area contributed by atoms with E-state index < -0.39 is 11.6 Å². The molecule has 0 amide bonds. The molecule has 2 rings (SSSR count). The van der Waals surface area contributed by atoms with Crippen LogP contribution in [-0.2, 0) is 6.61 Å². The van der Waals surface area contributed by atoms with Crippen LogP contribution < -0.4 is 10.5 Å². The molecule has 0 aliphatic carbocycles. The van der Waals surface area contributed by atoms with E-state index in [9.17, 15) is 8.78 Å². The average Bonchev–Trinajstić information content (AvgIpc) is 2.47. The summed E-state index contributed by atoms with van der Waals surface area (Å²) < 4.78 is 31.6. The summed E-state index contributed by atoms with van der Waals surface area (Å²) in [6.45, 7) is 2.35. The Balaban J connectivity index is 2.17. The zero-order chi connectivity index (χ0) is 15.2. The van der Waals surface area contributed by atoms with Crippen molar-refractivity contribution in [2.75, 3.05) is 6.54 Å². The quantitative estimate of drug-likeness (QED) is 0.880. The first-order valence-electron chi connectivity index (χ1n) is 6.46. The van der Waals surface area contributed by atoms with Gasteiger partial charge in [-0.15, -0.1) is 0 Å². The lowest BCUT2D eigenvalue weighted by Crippen LogP contribution is -1.99. The van der Waals surface area contributed by atoms with E-state index in [0.29, 0.717) is 11.3 Å². The van der Waals surface area contributed by atoms with Crippen LogP contribution in [0, 0.1) is 30.4 Å². The van der Waals surface area contributed by atoms with Crippen molar-refractivity contribution in [2.45, 2.75) is 13.5 Å². The summed E-state index contributed by atoms with van der Waals surface area (Å²) in [5.41, 5.74) is 7.69. The molecule has 0 aliphatic heterocycles. The van der Waals surface area contributed by atoms with E-state index in [4.69, 9.17) is 10.5 Å². The lowest BCUT2D eigenvalue weighted by molar-refractivity contribution is 0.304. The smallest absolute Gasteiger partial charge is 0.159 e. The largest absolute Gasteiger partial charge is 0.488 e. The summed E-state index contributed by atoms with van der Waals surface area (Å²) in [5.74, 6) is 4.54. The van der Waals surface area contributed by atoms with Crippen LogP contribution in [0.1, 0.15) is 16.7 Å². The van der Waals surface area contributed by atoms with E-state index in [0.717, 1.165) is 23.3 Å². The van der Waals surface area contributed by atoms with Gasteiger partial charge in [-0.3, -0.25) is 0 Å². The van der Waals surface area contributed by atoms with Crippen LogP contribution in [0.2, 0.25) is 0 Å². The maximum Gasteiger partial charge on any atom is 0.159 e. The lowest BCUT2D eigenvalue weighted by atomic mass is 10.1. The highest BCUT2D eigenvalue weighted by Crippen LogP contribution is 2.21. The molecule has 0 bridgehead atoms. The maximum absolute atomic E-state index is 13.1. The second kappa shape index (κ2) is 6.87. The third-order valence-electron chi connectivity index (χ3n) is 2.84. The second-order valence-electron chi connectivity index (χ2n) is 4.54. The Morgan fingerprint density at radius 3 is 2.62 bits per heavy atom. The summed E-state index contributed by atoms with van der Waals surface area (Å²) in [5, 5.41) is 0. The zero-order valence-electron chi connectivity index (χ0n) is 11.6. The Kier molecular flexibility index (Phi) is 4.91. The molecule has 0 radical (unpaired) electrons. The highest BCUT2D eigenvalue weighted by molar-refractivity contribution is 5.48. The molecule has 4 heteroatoms. The molecule has 0 spiro atoms. The molecule has 0 aromatic heterocycles. The number of rotatable bonds is 3. The Morgan fingerprint density at radius 1 is 1.10 bits per heavy atom. The summed E-state index contributed by atoms with van der Waals surface area (Å²) in [6, 6.07) is 9.28. The van der Waals surface area contributed by atoms with E-state index in [1.54, 1.807) is 6.07 Å². The van der Waals surface area contributed by atoms with Crippen molar-refractivity contribution in [1.29, 1.82) is 0 Å². The molecule has 108 valence electrons.